The molecule has 0 aliphatic carbocycles. The standard InChI is InChI=1S/C16H31N7O5/c1-8(2)12(15(27)28)23-14(26)10(5-6-11(18)24)22-13(25)9(17)4-3-7-21-16(19)20/h8-10,12H,3-7,17H2,1-2H3,(H2,18,24)(H,22,25)(H,23,26)(H,27,28)(H4,19,20,21)/t9-,10-,12-/m0/s1. The molecule has 0 heterocycles. The quantitative estimate of drug-likeness (QED) is 0.0975. The van der Waals surface area contributed by atoms with E-state index in [1.807, 2.05) is 0 Å². The van der Waals surface area contributed by atoms with E-state index in [-0.39, 0.29) is 31.1 Å². The van der Waals surface area contributed by atoms with Crippen LogP contribution in [0.2, 0.25) is 0 Å². The van der Waals surface area contributed by atoms with Gasteiger partial charge < -0.3 is 38.7 Å². The maximum atomic E-state index is 12.4. The molecule has 0 unspecified atom stereocenters. The molecule has 160 valence electrons. The van der Waals surface area contributed by atoms with Crippen LogP contribution in [0.5, 0.6) is 0 Å². The van der Waals surface area contributed by atoms with Crippen molar-refractivity contribution in [2.45, 2.75) is 57.7 Å². The van der Waals surface area contributed by atoms with E-state index in [9.17, 15) is 24.3 Å². The molecule has 12 heteroatoms. The second-order valence-corrected chi connectivity index (χ2v) is 6.69. The van der Waals surface area contributed by atoms with Gasteiger partial charge in [-0.25, -0.2) is 4.79 Å². The van der Waals surface area contributed by atoms with Gasteiger partial charge in [0.25, 0.3) is 0 Å². The fourth-order valence-electron chi connectivity index (χ4n) is 2.25. The summed E-state index contributed by atoms with van der Waals surface area (Å²) in [5.41, 5.74) is 21.3. The minimum Gasteiger partial charge on any atom is -0.480 e. The highest BCUT2D eigenvalue weighted by Gasteiger charge is 2.29. The van der Waals surface area contributed by atoms with Gasteiger partial charge in [0, 0.05) is 13.0 Å². The molecule has 3 amide bonds. The summed E-state index contributed by atoms with van der Waals surface area (Å²) >= 11 is 0. The Hall–Kier alpha value is -2.89. The smallest absolute Gasteiger partial charge is 0.326 e. The number of aliphatic imine (C=N–C) groups is 1. The Morgan fingerprint density at radius 1 is 1.00 bits per heavy atom. The van der Waals surface area contributed by atoms with Crippen LogP contribution in [0.25, 0.3) is 0 Å². The number of rotatable bonds is 13. The van der Waals surface area contributed by atoms with E-state index in [4.69, 9.17) is 22.9 Å². The highest BCUT2D eigenvalue weighted by atomic mass is 16.4. The van der Waals surface area contributed by atoms with Gasteiger partial charge in [0.1, 0.15) is 12.1 Å². The lowest BCUT2D eigenvalue weighted by atomic mass is 10.0. The van der Waals surface area contributed by atoms with Crippen molar-refractivity contribution in [2.75, 3.05) is 6.54 Å². The van der Waals surface area contributed by atoms with Crippen molar-refractivity contribution in [2.24, 2.45) is 33.8 Å². The Bertz CT molecular complexity index is 590. The highest BCUT2D eigenvalue weighted by molar-refractivity contribution is 5.92. The van der Waals surface area contributed by atoms with Crippen molar-refractivity contribution in [1.82, 2.24) is 10.6 Å². The Kier molecular flexibility index (Phi) is 11.2. The third-order valence-electron chi connectivity index (χ3n) is 3.85. The van der Waals surface area contributed by atoms with Crippen molar-refractivity contribution < 1.29 is 24.3 Å². The molecule has 12 nitrogen and oxygen atoms in total. The molecule has 0 radical (unpaired) electrons. The minimum atomic E-state index is -1.21. The number of amides is 3. The van der Waals surface area contributed by atoms with Crippen molar-refractivity contribution in [1.29, 1.82) is 0 Å². The van der Waals surface area contributed by atoms with E-state index in [0.29, 0.717) is 13.0 Å². The minimum absolute atomic E-state index is 0.0700. The van der Waals surface area contributed by atoms with Crippen molar-refractivity contribution in [3.05, 3.63) is 0 Å². The Labute approximate surface area is 163 Å². The number of carboxylic acid groups (broad SMARTS) is 1. The maximum absolute atomic E-state index is 12.4. The Balaban J connectivity index is 4.96. The van der Waals surface area contributed by atoms with Gasteiger partial charge in [0.15, 0.2) is 5.96 Å². The van der Waals surface area contributed by atoms with Crippen LogP contribution in [-0.4, -0.2) is 59.4 Å². The van der Waals surface area contributed by atoms with Crippen LogP contribution in [0.4, 0.5) is 0 Å². The molecule has 0 saturated carbocycles. The van der Waals surface area contributed by atoms with Gasteiger partial charge >= 0.3 is 5.97 Å². The molecule has 0 rings (SSSR count). The molecule has 0 fully saturated rings. The number of nitrogens with zero attached hydrogens (tertiary/aromatic N) is 1. The average molecular weight is 401 g/mol. The first-order valence-electron chi connectivity index (χ1n) is 8.88. The first-order valence-corrected chi connectivity index (χ1v) is 8.88. The average Bonchev–Trinajstić information content (AvgIpc) is 2.58. The topological polar surface area (TPSA) is 229 Å². The van der Waals surface area contributed by atoms with E-state index in [0.717, 1.165) is 0 Å². The summed E-state index contributed by atoms with van der Waals surface area (Å²) in [4.78, 5) is 50.8. The van der Waals surface area contributed by atoms with Crippen molar-refractivity contribution in [3.8, 4) is 0 Å². The molecule has 0 saturated heterocycles. The van der Waals surface area contributed by atoms with Gasteiger partial charge in [-0.3, -0.25) is 19.4 Å². The number of nitrogens with two attached hydrogens (primary N) is 4. The van der Waals surface area contributed by atoms with Gasteiger partial charge in [-0.05, 0) is 25.2 Å². The number of primary amides is 1. The van der Waals surface area contributed by atoms with Crippen LogP contribution < -0.4 is 33.6 Å². The normalized spacial score (nSPS) is 13.9. The van der Waals surface area contributed by atoms with E-state index in [1.54, 1.807) is 13.8 Å². The molecule has 0 spiro atoms. The summed E-state index contributed by atoms with van der Waals surface area (Å²) in [5.74, 6) is -3.67. The van der Waals surface area contributed by atoms with Crippen LogP contribution >= 0.6 is 0 Å². The number of guanidine groups is 1. The predicted molar refractivity (Wildman–Crippen MR) is 103 cm³/mol. The summed E-state index contributed by atoms with van der Waals surface area (Å²) < 4.78 is 0. The molecular formula is C16H31N7O5. The molecule has 0 aliphatic rings. The molecule has 0 aromatic heterocycles. The van der Waals surface area contributed by atoms with Gasteiger partial charge in [-0.15, -0.1) is 0 Å². The summed E-state index contributed by atoms with van der Waals surface area (Å²) in [5, 5.41) is 14.0. The summed E-state index contributed by atoms with van der Waals surface area (Å²) in [6, 6.07) is -3.23. The van der Waals surface area contributed by atoms with Gasteiger partial charge in [0.05, 0.1) is 6.04 Å². The number of carboxylic acids is 1. The van der Waals surface area contributed by atoms with Gasteiger partial charge in [0.2, 0.25) is 17.7 Å². The lowest BCUT2D eigenvalue weighted by Crippen LogP contribution is -2.55. The second kappa shape index (κ2) is 12.5. The number of aliphatic carboxylic acids is 1. The Morgan fingerprint density at radius 3 is 2.07 bits per heavy atom. The number of nitrogens with one attached hydrogen (secondary N) is 2. The van der Waals surface area contributed by atoms with E-state index in [1.165, 1.54) is 0 Å². The number of hydrogen-bond acceptors (Lipinski definition) is 6. The molecule has 28 heavy (non-hydrogen) atoms. The van der Waals surface area contributed by atoms with Gasteiger partial charge in [-0.1, -0.05) is 13.8 Å². The summed E-state index contributed by atoms with van der Waals surface area (Å²) in [6.45, 7) is 3.55. The number of carbonyl (C=O) groups is 4. The summed E-state index contributed by atoms with van der Waals surface area (Å²) in [6.07, 6.45) is 0.450. The fourth-order valence-corrected chi connectivity index (χ4v) is 2.25. The van der Waals surface area contributed by atoms with E-state index < -0.39 is 41.8 Å². The molecule has 0 aromatic rings. The molecule has 11 N–H and O–H groups in total. The zero-order valence-corrected chi connectivity index (χ0v) is 16.2. The third kappa shape index (κ3) is 10.3. The van der Waals surface area contributed by atoms with Gasteiger partial charge in [-0.2, -0.15) is 0 Å². The third-order valence-corrected chi connectivity index (χ3v) is 3.85. The lowest BCUT2D eigenvalue weighted by molar-refractivity contribution is -0.143. The number of hydrogen-bond donors (Lipinski definition) is 7. The fraction of sp³-hybridized carbons (Fsp3) is 0.688. The molecular weight excluding hydrogens is 370 g/mol. The maximum Gasteiger partial charge on any atom is 0.326 e. The zero-order chi connectivity index (χ0) is 21.9. The first kappa shape index (κ1) is 25.1. The largest absolute Gasteiger partial charge is 0.480 e. The number of carbonyl (C=O) groups excluding carboxylic acids is 3. The van der Waals surface area contributed by atoms with Crippen LogP contribution in [-0.2, 0) is 19.2 Å². The van der Waals surface area contributed by atoms with E-state index in [2.05, 4.69) is 15.6 Å². The van der Waals surface area contributed by atoms with Crippen molar-refractivity contribution in [3.63, 3.8) is 0 Å². The Morgan fingerprint density at radius 2 is 1.61 bits per heavy atom. The van der Waals surface area contributed by atoms with Crippen molar-refractivity contribution >= 4 is 29.7 Å². The monoisotopic (exact) mass is 401 g/mol. The zero-order valence-electron chi connectivity index (χ0n) is 16.2. The van der Waals surface area contributed by atoms with Crippen LogP contribution in [0, 0.1) is 5.92 Å². The predicted octanol–water partition coefficient (Wildman–Crippen LogP) is -2.66. The van der Waals surface area contributed by atoms with E-state index >= 15 is 0 Å². The van der Waals surface area contributed by atoms with Crippen LogP contribution in [0.3, 0.4) is 0 Å². The summed E-state index contributed by atoms with van der Waals surface area (Å²) in [7, 11) is 0. The molecule has 0 aromatic carbocycles. The molecule has 0 aliphatic heterocycles. The molecule has 3 atom stereocenters. The van der Waals surface area contributed by atoms with Crippen LogP contribution in [0.15, 0.2) is 4.99 Å². The highest BCUT2D eigenvalue weighted by Crippen LogP contribution is 2.05. The second-order valence-electron chi connectivity index (χ2n) is 6.69. The SMILES string of the molecule is CC(C)[C@H](NC(=O)[C@H](CCC(N)=O)NC(=O)[C@@H](N)CCCN=C(N)N)C(=O)O. The lowest BCUT2D eigenvalue weighted by Gasteiger charge is -2.24. The van der Waals surface area contributed by atoms with Crippen LogP contribution in [0.1, 0.15) is 39.5 Å². The first-order chi connectivity index (χ1) is 13.0. The molecule has 0 bridgehead atoms.